The Balaban J connectivity index is 1.98. The number of rotatable bonds is 8. The molecule has 128 valence electrons. The van der Waals surface area contributed by atoms with Crippen LogP contribution in [0.15, 0.2) is 40.6 Å². The minimum absolute atomic E-state index is 0.0486. The molecule has 3 amide bonds. The molecule has 2 aromatic heterocycles. The Hall–Kier alpha value is -2.55. The van der Waals surface area contributed by atoms with Gasteiger partial charge in [-0.25, -0.2) is 4.79 Å². The summed E-state index contributed by atoms with van der Waals surface area (Å²) < 4.78 is 7.13. The number of carbonyl (C=O) groups excluding carboxylic acids is 2. The highest BCUT2D eigenvalue weighted by Gasteiger charge is 2.17. The predicted octanol–water partition coefficient (Wildman–Crippen LogP) is 2.05. The van der Waals surface area contributed by atoms with Crippen LogP contribution in [0.1, 0.15) is 13.3 Å². The van der Waals surface area contributed by atoms with Crippen LogP contribution in [0, 0.1) is 0 Å². The number of nitrogens with zero attached hydrogens (tertiary/aromatic N) is 3. The third kappa shape index (κ3) is 4.72. The summed E-state index contributed by atoms with van der Waals surface area (Å²) in [7, 11) is 0. The van der Waals surface area contributed by atoms with Crippen molar-refractivity contribution in [2.24, 2.45) is 0 Å². The van der Waals surface area contributed by atoms with Crippen molar-refractivity contribution in [2.75, 3.05) is 12.3 Å². The van der Waals surface area contributed by atoms with Crippen LogP contribution in [0.25, 0.3) is 11.6 Å². The fraction of sp³-hybridized carbons (Fsp3) is 0.333. The standard InChI is InChI=1S/C15H19N5O3S/c1-3-7-16-14(22)17-12(21)10-24-15-19-18-13(20(15)8-4-2)11-6-5-9-23-11/h4-6,9H,2-3,7-8,10H2,1H3,(H2,16,17,21,22). The van der Waals surface area contributed by atoms with Gasteiger partial charge >= 0.3 is 6.03 Å². The first-order valence-electron chi connectivity index (χ1n) is 7.44. The largest absolute Gasteiger partial charge is 0.461 e. The summed E-state index contributed by atoms with van der Waals surface area (Å²) in [5.41, 5.74) is 0. The van der Waals surface area contributed by atoms with Gasteiger partial charge in [0.2, 0.25) is 11.7 Å². The first-order chi connectivity index (χ1) is 11.7. The summed E-state index contributed by atoms with van der Waals surface area (Å²) in [6, 6.07) is 3.05. The van der Waals surface area contributed by atoms with Gasteiger partial charge in [-0.05, 0) is 18.6 Å². The summed E-state index contributed by atoms with van der Waals surface area (Å²) in [6.45, 7) is 6.64. The van der Waals surface area contributed by atoms with Crippen molar-refractivity contribution in [1.82, 2.24) is 25.4 Å². The third-order valence-corrected chi connectivity index (χ3v) is 3.86. The Labute approximate surface area is 143 Å². The van der Waals surface area contributed by atoms with Crippen molar-refractivity contribution in [2.45, 2.75) is 25.0 Å². The molecule has 0 atom stereocenters. The van der Waals surface area contributed by atoms with E-state index in [0.717, 1.165) is 6.42 Å². The van der Waals surface area contributed by atoms with Crippen molar-refractivity contribution in [3.63, 3.8) is 0 Å². The summed E-state index contributed by atoms with van der Waals surface area (Å²) in [4.78, 5) is 23.2. The van der Waals surface area contributed by atoms with E-state index in [2.05, 4.69) is 27.4 Å². The molecule has 24 heavy (non-hydrogen) atoms. The van der Waals surface area contributed by atoms with Gasteiger partial charge in [0.15, 0.2) is 10.9 Å². The minimum atomic E-state index is -0.494. The molecule has 2 heterocycles. The SMILES string of the molecule is C=CCn1c(SCC(=O)NC(=O)NCCC)nnc1-c1ccco1. The number of hydrogen-bond donors (Lipinski definition) is 2. The quantitative estimate of drug-likeness (QED) is 0.559. The van der Waals surface area contributed by atoms with Crippen molar-refractivity contribution in [3.05, 3.63) is 31.1 Å². The number of aromatic nitrogens is 3. The van der Waals surface area contributed by atoms with Gasteiger partial charge in [-0.15, -0.1) is 16.8 Å². The van der Waals surface area contributed by atoms with Crippen LogP contribution in [-0.4, -0.2) is 39.0 Å². The summed E-state index contributed by atoms with van der Waals surface area (Å²) >= 11 is 1.19. The zero-order valence-corrected chi connectivity index (χ0v) is 14.1. The second-order valence-corrected chi connectivity index (χ2v) is 5.72. The highest BCUT2D eigenvalue weighted by atomic mass is 32.2. The number of carbonyl (C=O) groups is 2. The molecule has 0 radical (unpaired) electrons. The lowest BCUT2D eigenvalue weighted by molar-refractivity contribution is -0.117. The fourth-order valence-corrected chi connectivity index (χ4v) is 2.60. The molecule has 0 unspecified atom stereocenters. The van der Waals surface area contributed by atoms with Crippen LogP contribution in [0.3, 0.4) is 0 Å². The van der Waals surface area contributed by atoms with Gasteiger partial charge in [0, 0.05) is 13.1 Å². The van der Waals surface area contributed by atoms with Gasteiger partial charge < -0.3 is 9.73 Å². The first kappa shape index (κ1) is 17.8. The lowest BCUT2D eigenvalue weighted by atomic mass is 10.4. The molecule has 2 aromatic rings. The molecule has 0 aromatic carbocycles. The summed E-state index contributed by atoms with van der Waals surface area (Å²) in [5, 5.41) is 13.6. The molecule has 0 aliphatic heterocycles. The predicted molar refractivity (Wildman–Crippen MR) is 90.5 cm³/mol. The molecular weight excluding hydrogens is 330 g/mol. The summed E-state index contributed by atoms with van der Waals surface area (Å²) in [5.74, 6) is 0.789. The average molecular weight is 349 g/mol. The van der Waals surface area contributed by atoms with Gasteiger partial charge in [0.1, 0.15) is 0 Å². The number of furan rings is 1. The highest BCUT2D eigenvalue weighted by molar-refractivity contribution is 7.99. The molecule has 0 aliphatic carbocycles. The summed E-state index contributed by atoms with van der Waals surface area (Å²) in [6.07, 6.45) is 4.06. The monoisotopic (exact) mass is 349 g/mol. The number of hydrogen-bond acceptors (Lipinski definition) is 6. The second kappa shape index (κ2) is 8.92. The van der Waals surface area contributed by atoms with Gasteiger partial charge in [-0.3, -0.25) is 14.7 Å². The van der Waals surface area contributed by atoms with Crippen LogP contribution in [-0.2, 0) is 11.3 Å². The number of thioether (sulfide) groups is 1. The molecular formula is C15H19N5O3S. The number of amides is 3. The molecule has 2 rings (SSSR count). The Kier molecular flexibility index (Phi) is 6.62. The van der Waals surface area contributed by atoms with E-state index < -0.39 is 11.9 Å². The number of nitrogens with one attached hydrogen (secondary N) is 2. The van der Waals surface area contributed by atoms with Gasteiger partial charge in [0.05, 0.1) is 12.0 Å². The van der Waals surface area contributed by atoms with Crippen molar-refractivity contribution in [3.8, 4) is 11.6 Å². The molecule has 8 nitrogen and oxygen atoms in total. The molecule has 0 spiro atoms. The fourth-order valence-electron chi connectivity index (χ4n) is 1.85. The third-order valence-electron chi connectivity index (χ3n) is 2.89. The topological polar surface area (TPSA) is 102 Å². The van der Waals surface area contributed by atoms with Crippen LogP contribution in [0.4, 0.5) is 4.79 Å². The maximum absolute atomic E-state index is 11.8. The lowest BCUT2D eigenvalue weighted by Gasteiger charge is -2.07. The molecule has 0 fully saturated rings. The minimum Gasteiger partial charge on any atom is -0.461 e. The maximum atomic E-state index is 11.8. The molecule has 0 saturated carbocycles. The van der Waals surface area contributed by atoms with E-state index in [1.165, 1.54) is 11.8 Å². The van der Waals surface area contributed by atoms with Crippen LogP contribution >= 0.6 is 11.8 Å². The van der Waals surface area contributed by atoms with Crippen LogP contribution < -0.4 is 10.6 Å². The number of urea groups is 1. The van der Waals surface area contributed by atoms with Gasteiger partial charge in [-0.1, -0.05) is 24.8 Å². The molecule has 0 aliphatic rings. The Morgan fingerprint density at radius 3 is 2.96 bits per heavy atom. The van der Waals surface area contributed by atoms with E-state index in [1.807, 2.05) is 6.92 Å². The van der Waals surface area contributed by atoms with E-state index >= 15 is 0 Å². The Bertz CT molecular complexity index is 696. The number of allylic oxidation sites excluding steroid dienone is 1. The number of imide groups is 1. The molecule has 9 heteroatoms. The van der Waals surface area contributed by atoms with Gasteiger partial charge in [-0.2, -0.15) is 0 Å². The second-order valence-electron chi connectivity index (χ2n) is 4.78. The first-order valence-corrected chi connectivity index (χ1v) is 8.42. The van der Waals surface area contributed by atoms with E-state index in [-0.39, 0.29) is 5.75 Å². The van der Waals surface area contributed by atoms with Crippen molar-refractivity contribution in [1.29, 1.82) is 0 Å². The van der Waals surface area contributed by atoms with E-state index in [0.29, 0.717) is 29.8 Å². The smallest absolute Gasteiger partial charge is 0.321 e. The van der Waals surface area contributed by atoms with E-state index in [4.69, 9.17) is 4.42 Å². The molecule has 2 N–H and O–H groups in total. The van der Waals surface area contributed by atoms with Crippen LogP contribution in [0.5, 0.6) is 0 Å². The highest BCUT2D eigenvalue weighted by Crippen LogP contribution is 2.24. The zero-order valence-electron chi connectivity index (χ0n) is 13.3. The van der Waals surface area contributed by atoms with E-state index in [9.17, 15) is 9.59 Å². The van der Waals surface area contributed by atoms with Gasteiger partial charge in [0.25, 0.3) is 0 Å². The normalized spacial score (nSPS) is 10.4. The van der Waals surface area contributed by atoms with Crippen LogP contribution in [0.2, 0.25) is 0 Å². The maximum Gasteiger partial charge on any atom is 0.321 e. The van der Waals surface area contributed by atoms with E-state index in [1.54, 1.807) is 29.0 Å². The Morgan fingerprint density at radius 1 is 1.46 bits per heavy atom. The van der Waals surface area contributed by atoms with Crippen molar-refractivity contribution >= 4 is 23.7 Å². The molecule has 0 saturated heterocycles. The van der Waals surface area contributed by atoms with Crippen molar-refractivity contribution < 1.29 is 14.0 Å². The zero-order chi connectivity index (χ0) is 17.4. The average Bonchev–Trinajstić information content (AvgIpc) is 3.21. The molecule has 0 bridgehead atoms. The Morgan fingerprint density at radius 2 is 2.29 bits per heavy atom. The lowest BCUT2D eigenvalue weighted by Crippen LogP contribution is -2.40.